The Balaban J connectivity index is 1.14. The summed E-state index contributed by atoms with van der Waals surface area (Å²) >= 11 is 1.65. The third-order valence-electron chi connectivity index (χ3n) is 11.2. The Bertz CT molecular complexity index is 2290. The number of nitrogens with zero attached hydrogens (tertiary/aromatic N) is 2. The molecule has 2 fully saturated rings. The molecule has 3 amide bonds. The molecule has 1 heterocycles. The highest BCUT2D eigenvalue weighted by atomic mass is 32.1. The predicted octanol–water partition coefficient (Wildman–Crippen LogP) is 2.99. The number of phenolic OH excluding ortho intramolecular Hbond substituents is 1. The number of benzene rings is 3. The summed E-state index contributed by atoms with van der Waals surface area (Å²) in [6, 6.07) is 16.2. The Hall–Kier alpha value is -5.48. The number of Topliss-reactive ketones (excluding diaryl/α,β-unsaturated/α-hetero) is 4. The highest BCUT2D eigenvalue weighted by Gasteiger charge is 2.73. The first-order chi connectivity index (χ1) is 25.5. The molecule has 3 aliphatic rings. The number of anilines is 3. The number of fused-ring (bicyclic) bond motifs is 4. The summed E-state index contributed by atoms with van der Waals surface area (Å²) in [7, 11) is 6.83. The van der Waals surface area contributed by atoms with Gasteiger partial charge < -0.3 is 36.6 Å². The van der Waals surface area contributed by atoms with Crippen molar-refractivity contribution in [2.45, 2.75) is 30.6 Å². The molecule has 54 heavy (non-hydrogen) atoms. The van der Waals surface area contributed by atoms with Gasteiger partial charge in [-0.2, -0.15) is 0 Å². The van der Waals surface area contributed by atoms with Crippen molar-refractivity contribution in [3.63, 3.8) is 0 Å². The number of hydrogen-bond acceptors (Lipinski definition) is 12. The number of ketones is 4. The largest absolute Gasteiger partial charge is 0.505 e. The number of rotatable bonds is 6. The average Bonchev–Trinajstić information content (AvgIpc) is 3.54. The molecule has 7 N–H and O–H groups in total. The molecule has 14 nitrogen and oxygen atoms in total. The summed E-state index contributed by atoms with van der Waals surface area (Å²) in [4.78, 5) is 85.1. The summed E-state index contributed by atoms with van der Waals surface area (Å²) in [5, 5.41) is 41.3. The molecule has 0 spiro atoms. The lowest BCUT2D eigenvalue weighted by Gasteiger charge is -2.56. The van der Waals surface area contributed by atoms with E-state index in [4.69, 9.17) is 5.73 Å². The minimum Gasteiger partial charge on any atom is -0.505 e. The van der Waals surface area contributed by atoms with Crippen molar-refractivity contribution in [2.24, 2.45) is 29.4 Å². The number of phenols is 1. The molecule has 15 heteroatoms. The van der Waals surface area contributed by atoms with E-state index in [1.165, 1.54) is 31.1 Å². The van der Waals surface area contributed by atoms with Gasteiger partial charge in [0.25, 0.3) is 0 Å². The van der Waals surface area contributed by atoms with E-state index in [1.807, 2.05) is 31.1 Å². The standard InChI is InChI=1S/C39H39N5O9S/c1-16-21-12-13-22(42-38(52)41-19-9-6-17(7-10-19)23-14-18-8-11-20(43(2)3)15-24(18)54-23)31(45)26(21)32(46)27-25(16)33(47)29-30(44(4)5)34(48)28(37(40)51)36(50)39(29,53)35(27)49/h6-16,25,27-30,33,45,47,53H,1-5H3,(H2,40,51)(H2,41,42,52). The van der Waals surface area contributed by atoms with Crippen LogP contribution < -0.4 is 21.3 Å². The number of primary amides is 1. The number of urea groups is 1. The summed E-state index contributed by atoms with van der Waals surface area (Å²) in [5.74, 6) is -14.5. The zero-order valence-electron chi connectivity index (χ0n) is 30.0. The number of nitrogens with two attached hydrogens (primary N) is 1. The van der Waals surface area contributed by atoms with Gasteiger partial charge in [-0.3, -0.25) is 28.9 Å². The van der Waals surface area contributed by atoms with Crippen LogP contribution in [0.15, 0.2) is 60.7 Å². The van der Waals surface area contributed by atoms with E-state index in [0.717, 1.165) is 26.2 Å². The number of aliphatic hydroxyl groups is 2. The topological polar surface area (TPSA) is 220 Å². The van der Waals surface area contributed by atoms with E-state index in [0.29, 0.717) is 5.69 Å². The minimum atomic E-state index is -3.11. The number of thiophene rings is 1. The van der Waals surface area contributed by atoms with E-state index in [9.17, 15) is 44.1 Å². The molecule has 0 saturated heterocycles. The van der Waals surface area contributed by atoms with Crippen LogP contribution in [0.3, 0.4) is 0 Å². The smallest absolute Gasteiger partial charge is 0.323 e. The zero-order valence-corrected chi connectivity index (χ0v) is 30.8. The molecule has 1 aromatic heterocycles. The van der Waals surface area contributed by atoms with E-state index in [1.54, 1.807) is 30.4 Å². The highest BCUT2D eigenvalue weighted by Crippen LogP contribution is 2.55. The van der Waals surface area contributed by atoms with Crippen LogP contribution in [0, 0.1) is 23.7 Å². The Morgan fingerprint density at radius 1 is 0.907 bits per heavy atom. The average molecular weight is 754 g/mol. The summed E-state index contributed by atoms with van der Waals surface area (Å²) in [5.41, 5.74) is 4.52. The van der Waals surface area contributed by atoms with Gasteiger partial charge in [0.1, 0.15) is 5.75 Å². The van der Waals surface area contributed by atoms with Crippen LogP contribution in [0.5, 0.6) is 5.75 Å². The maximum atomic E-state index is 14.2. The van der Waals surface area contributed by atoms with Crippen molar-refractivity contribution in [1.29, 1.82) is 0 Å². The van der Waals surface area contributed by atoms with Gasteiger partial charge in [0, 0.05) is 41.0 Å². The van der Waals surface area contributed by atoms with Gasteiger partial charge >= 0.3 is 6.03 Å². The number of hydrogen-bond donors (Lipinski definition) is 6. The normalized spacial score (nSPS) is 27.7. The number of likely N-dealkylation sites (N-methyl/N-ethyl adjacent to an activating group) is 1. The number of carbonyl (C=O) groups is 6. The number of amides is 3. The molecule has 0 radical (unpaired) electrons. The fraction of sp³-hybridized carbons (Fsp3) is 0.333. The maximum absolute atomic E-state index is 14.2. The van der Waals surface area contributed by atoms with Gasteiger partial charge in [0.2, 0.25) is 5.91 Å². The molecule has 0 aliphatic heterocycles. The third-order valence-corrected chi connectivity index (χ3v) is 12.3. The maximum Gasteiger partial charge on any atom is 0.323 e. The molecule has 7 rings (SSSR count). The third kappa shape index (κ3) is 5.49. The monoisotopic (exact) mass is 753 g/mol. The van der Waals surface area contributed by atoms with E-state index >= 15 is 0 Å². The second-order valence-electron chi connectivity index (χ2n) is 14.7. The number of aliphatic hydroxyl groups excluding tert-OH is 1. The minimum absolute atomic E-state index is 0.162. The van der Waals surface area contributed by atoms with E-state index < -0.39 is 88.2 Å². The quantitative estimate of drug-likeness (QED) is 0.124. The number of aromatic hydroxyl groups is 1. The van der Waals surface area contributed by atoms with Crippen LogP contribution in [-0.4, -0.2) is 101 Å². The molecule has 3 aliphatic carbocycles. The first kappa shape index (κ1) is 36.9. The zero-order chi connectivity index (χ0) is 39.1. The predicted molar refractivity (Wildman–Crippen MR) is 202 cm³/mol. The summed E-state index contributed by atoms with van der Waals surface area (Å²) in [6.45, 7) is 1.61. The second-order valence-corrected chi connectivity index (χ2v) is 15.8. The van der Waals surface area contributed by atoms with Crippen LogP contribution >= 0.6 is 11.3 Å². The van der Waals surface area contributed by atoms with Gasteiger partial charge in [-0.1, -0.05) is 31.2 Å². The molecule has 280 valence electrons. The lowest BCUT2D eigenvalue weighted by molar-refractivity contribution is -0.196. The van der Waals surface area contributed by atoms with Crippen LogP contribution in [0.25, 0.3) is 20.5 Å². The molecule has 8 atom stereocenters. The van der Waals surface area contributed by atoms with Gasteiger partial charge in [-0.15, -0.1) is 11.3 Å². The lowest BCUT2D eigenvalue weighted by atomic mass is 9.49. The van der Waals surface area contributed by atoms with Crippen LogP contribution in [-0.2, 0) is 19.2 Å². The molecule has 0 bridgehead atoms. The molecule has 3 aromatic carbocycles. The first-order valence-electron chi connectivity index (χ1n) is 17.2. The van der Waals surface area contributed by atoms with Crippen molar-refractivity contribution in [3.05, 3.63) is 71.8 Å². The molecular weight excluding hydrogens is 715 g/mol. The van der Waals surface area contributed by atoms with Gasteiger partial charge in [-0.05, 0) is 72.9 Å². The molecule has 2 saturated carbocycles. The van der Waals surface area contributed by atoms with Crippen LogP contribution in [0.2, 0.25) is 0 Å². The number of nitrogens with one attached hydrogen (secondary N) is 2. The lowest BCUT2D eigenvalue weighted by Crippen LogP contribution is -2.77. The fourth-order valence-corrected chi connectivity index (χ4v) is 9.63. The van der Waals surface area contributed by atoms with E-state index in [-0.39, 0.29) is 16.8 Å². The Morgan fingerprint density at radius 2 is 1.59 bits per heavy atom. The first-order valence-corrected chi connectivity index (χ1v) is 18.1. The summed E-state index contributed by atoms with van der Waals surface area (Å²) in [6.07, 6.45) is -1.74. The van der Waals surface area contributed by atoms with Crippen molar-refractivity contribution < 1.29 is 44.1 Å². The van der Waals surface area contributed by atoms with Crippen LogP contribution in [0.4, 0.5) is 21.9 Å². The van der Waals surface area contributed by atoms with Crippen molar-refractivity contribution in [2.75, 3.05) is 43.7 Å². The molecular formula is C39H39N5O9S. The van der Waals surface area contributed by atoms with E-state index in [2.05, 4.69) is 34.9 Å². The molecule has 8 unspecified atom stereocenters. The van der Waals surface area contributed by atoms with Crippen molar-refractivity contribution in [3.8, 4) is 16.2 Å². The molecule has 4 aromatic rings. The van der Waals surface area contributed by atoms with Crippen molar-refractivity contribution in [1.82, 2.24) is 4.90 Å². The van der Waals surface area contributed by atoms with Gasteiger partial charge in [-0.25, -0.2) is 4.79 Å². The SMILES string of the molecule is CC1c2ccc(NC(=O)Nc3ccc(-c4cc5ccc(N(C)C)cc5s4)cc3)c(O)c2C(=O)C2C(=O)C3(O)C(=O)C(C(N)=O)C(=O)C(N(C)C)C3C(O)C21. The Kier molecular flexibility index (Phi) is 8.96. The highest BCUT2D eigenvalue weighted by molar-refractivity contribution is 7.22. The number of carbonyl (C=O) groups excluding carboxylic acids is 6. The Morgan fingerprint density at radius 3 is 2.22 bits per heavy atom. The fourth-order valence-electron chi connectivity index (χ4n) is 8.53. The van der Waals surface area contributed by atoms with Gasteiger partial charge in [0.15, 0.2) is 34.7 Å². The van der Waals surface area contributed by atoms with Gasteiger partial charge in [0.05, 0.1) is 35.2 Å². The Labute approximate surface area is 313 Å². The summed E-state index contributed by atoms with van der Waals surface area (Å²) < 4.78 is 1.14. The second kappa shape index (κ2) is 13.1. The van der Waals surface area contributed by atoms with Crippen LogP contribution in [0.1, 0.15) is 28.8 Å². The van der Waals surface area contributed by atoms with Crippen molar-refractivity contribution >= 4 is 73.6 Å².